The Morgan fingerprint density at radius 2 is 0.841 bits per heavy atom. The maximum Gasteiger partial charge on any atom is 0.553 e. The van der Waals surface area contributed by atoms with Crippen LogP contribution in [0.5, 0.6) is 23.0 Å². The predicted octanol–water partition coefficient (Wildman–Crippen LogP) is 11.5. The van der Waals surface area contributed by atoms with E-state index in [1.807, 2.05) is 29.7 Å². The summed E-state index contributed by atoms with van der Waals surface area (Å²) in [5.41, 5.74) is 6.11. The fraction of sp³-hybridized carbons (Fsp3) is 0.364. The highest BCUT2D eigenvalue weighted by atomic mass is 35.5. The fourth-order valence-corrected chi connectivity index (χ4v) is 9.24. The summed E-state index contributed by atoms with van der Waals surface area (Å²) < 4.78 is 70.0. The third kappa shape index (κ3) is 27.2. The number of nitrogens with one attached hydrogen (secondary N) is 2. The van der Waals surface area contributed by atoms with E-state index in [4.69, 9.17) is 60.6 Å². The normalized spacial score (nSPS) is 14.9. The van der Waals surface area contributed by atoms with E-state index < -0.39 is 93.2 Å². The maximum atomic E-state index is 12.8. The number of nitrogens with zero attached hydrogens (tertiary/aromatic N) is 6. The molecule has 5 aromatic rings. The molecule has 4 saturated heterocycles. The van der Waals surface area contributed by atoms with Crippen molar-refractivity contribution in [2.45, 2.75) is 88.0 Å². The summed E-state index contributed by atoms with van der Waals surface area (Å²) in [4.78, 5) is 172. The first-order chi connectivity index (χ1) is 49.5. The van der Waals surface area contributed by atoms with Crippen molar-refractivity contribution >= 4 is 123 Å². The second kappa shape index (κ2) is 47.2. The van der Waals surface area contributed by atoms with Crippen molar-refractivity contribution in [2.75, 3.05) is 63.9 Å². The van der Waals surface area contributed by atoms with Crippen LogP contribution in [0, 0.1) is 66.0 Å². The summed E-state index contributed by atoms with van der Waals surface area (Å²) in [6.07, 6.45) is -1.29. The minimum absolute atomic E-state index is 0. The molecule has 33 nitrogen and oxygen atoms in total. The van der Waals surface area contributed by atoms with Gasteiger partial charge in [0.25, 0.3) is 59.1 Å². The predicted molar refractivity (Wildman–Crippen MR) is 371 cm³/mol. The summed E-state index contributed by atoms with van der Waals surface area (Å²) in [5.74, 6) is -10.1. The molecule has 41 heteroatoms. The minimum atomic E-state index is -1.51. The average molecular weight is 1600 g/mol. The monoisotopic (exact) mass is 1600 g/mol. The molecule has 2 N–H and O–H groups in total. The zero-order valence-corrected chi connectivity index (χ0v) is 61.3. The van der Waals surface area contributed by atoms with Crippen molar-refractivity contribution in [1.29, 1.82) is 0 Å². The number of amides is 10. The number of carbonyl (C=O) groups excluding carboxylic acids is 12. The van der Waals surface area contributed by atoms with Crippen LogP contribution in [0.25, 0.3) is 0 Å². The average Bonchev–Trinajstić information content (AvgIpc) is 1.63. The number of aryl methyl sites for hydroxylation is 1. The van der Waals surface area contributed by atoms with E-state index in [0.29, 0.717) is 42.6 Å². The number of methoxy groups -OCH3 is 4. The van der Waals surface area contributed by atoms with E-state index >= 15 is 0 Å². The maximum absolute atomic E-state index is 12.8. The highest BCUT2D eigenvalue weighted by Crippen LogP contribution is 2.45. The van der Waals surface area contributed by atoms with Gasteiger partial charge in [-0.05, 0) is 56.7 Å². The minimum Gasteiger partial charge on any atom is -0.497 e. The SMILES string of the molecule is C.C.CNOC(=O)ON1C(=O)CC(C)C1=O.CNOC(=O)ON1C(=O)CCC1=O.CON1C(=O)CC(C)C1=O.CON1C(=O)CCC1=O.CON1C(=O)c2ccccc2C1=O.COc1c(Cl)c(Cl)c(C)c(Cl)c1Cl.COc1c(F)c(F)c(C)c(F)c1F.COc1ccc(C)cc1.COc1ccccc1[N+](=O)[O-]. The van der Waals surface area contributed by atoms with Crippen LogP contribution in [-0.4, -0.2) is 165 Å². The molecule has 10 rings (SSSR count). The van der Waals surface area contributed by atoms with E-state index in [9.17, 15) is 85.2 Å². The Hall–Kier alpha value is -10.4. The van der Waals surface area contributed by atoms with Crippen LogP contribution in [-0.2, 0) is 72.2 Å². The molecule has 5 aromatic carbocycles. The van der Waals surface area contributed by atoms with Gasteiger partial charge in [-0.2, -0.15) is 39.5 Å². The molecule has 5 aliphatic rings. The molecule has 5 aliphatic heterocycles. The number of ether oxygens (including phenoxy) is 4. The van der Waals surface area contributed by atoms with Gasteiger partial charge in [0.2, 0.25) is 11.6 Å². The third-order valence-corrected chi connectivity index (χ3v) is 15.4. The number of hydroxylamine groups is 12. The molecule has 588 valence electrons. The molecule has 10 amide bonds. The van der Waals surface area contributed by atoms with E-state index in [1.165, 1.54) is 61.3 Å². The lowest BCUT2D eigenvalue weighted by Crippen LogP contribution is -2.34. The van der Waals surface area contributed by atoms with Gasteiger partial charge in [-0.25, -0.2) is 8.78 Å². The molecule has 2 atom stereocenters. The van der Waals surface area contributed by atoms with Gasteiger partial charge in [0.05, 0.1) is 75.9 Å². The zero-order chi connectivity index (χ0) is 79.9. The Morgan fingerprint density at radius 3 is 1.16 bits per heavy atom. The topological polar surface area (TPSA) is 390 Å². The van der Waals surface area contributed by atoms with E-state index in [1.54, 1.807) is 70.3 Å². The smallest absolute Gasteiger partial charge is 0.497 e. The molecule has 0 bridgehead atoms. The Bertz CT molecular complexity index is 3800. The number of fused-ring (bicyclic) bond motifs is 1. The first-order valence-corrected chi connectivity index (χ1v) is 31.3. The van der Waals surface area contributed by atoms with Crippen LogP contribution in [0.3, 0.4) is 0 Å². The molecular formula is C66H78Cl4F4N8O25. The highest BCUT2D eigenvalue weighted by molar-refractivity contribution is 6.49. The lowest BCUT2D eigenvalue weighted by molar-refractivity contribution is -0.385. The number of halogens is 8. The van der Waals surface area contributed by atoms with Gasteiger partial charge in [-0.15, -0.1) is 5.06 Å². The first-order valence-electron chi connectivity index (χ1n) is 29.7. The summed E-state index contributed by atoms with van der Waals surface area (Å²) in [5, 5.41) is 14.8. The van der Waals surface area contributed by atoms with Crippen molar-refractivity contribution in [3.05, 3.63) is 154 Å². The van der Waals surface area contributed by atoms with E-state index in [2.05, 4.69) is 51.0 Å². The molecule has 107 heavy (non-hydrogen) atoms. The number of nitro benzene ring substituents is 1. The van der Waals surface area contributed by atoms with Crippen LogP contribution in [0.2, 0.25) is 20.1 Å². The molecular weight excluding hydrogens is 1520 g/mol. The van der Waals surface area contributed by atoms with Gasteiger partial charge < -0.3 is 28.6 Å². The second-order valence-electron chi connectivity index (χ2n) is 20.5. The zero-order valence-electron chi connectivity index (χ0n) is 58.2. The van der Waals surface area contributed by atoms with Crippen LogP contribution < -0.4 is 29.9 Å². The number of benzene rings is 5. The number of carbonyl (C=O) groups is 12. The number of para-hydroxylation sites is 2. The van der Waals surface area contributed by atoms with Crippen molar-refractivity contribution < 1.29 is 133 Å². The van der Waals surface area contributed by atoms with Crippen LogP contribution in [0.1, 0.15) is 105 Å². The number of hydrogen-bond acceptors (Lipinski definition) is 27. The highest BCUT2D eigenvalue weighted by Gasteiger charge is 2.40. The van der Waals surface area contributed by atoms with Crippen molar-refractivity contribution in [2.24, 2.45) is 11.8 Å². The van der Waals surface area contributed by atoms with Gasteiger partial charge in [0.1, 0.15) is 15.8 Å². The molecule has 0 saturated carbocycles. The summed E-state index contributed by atoms with van der Waals surface area (Å²) >= 11 is 23.5. The molecule has 0 radical (unpaired) electrons. The lowest BCUT2D eigenvalue weighted by atomic mass is 10.1. The van der Waals surface area contributed by atoms with Gasteiger partial charge >= 0.3 is 18.0 Å². The van der Waals surface area contributed by atoms with Crippen LogP contribution in [0.4, 0.5) is 32.8 Å². The Kier molecular flexibility index (Phi) is 42.7. The Balaban J connectivity index is 0.00000118. The second-order valence-corrected chi connectivity index (χ2v) is 22.0. The van der Waals surface area contributed by atoms with Gasteiger partial charge in [-0.3, -0.25) is 82.2 Å². The van der Waals surface area contributed by atoms with Crippen LogP contribution >= 0.6 is 46.4 Å². The molecule has 0 spiro atoms. The number of rotatable bonds is 12. The third-order valence-electron chi connectivity index (χ3n) is 13.5. The molecule has 4 fully saturated rings. The largest absolute Gasteiger partial charge is 0.553 e. The molecule has 0 aromatic heterocycles. The summed E-state index contributed by atoms with van der Waals surface area (Å²) in [6, 6.07) is 20.8. The van der Waals surface area contributed by atoms with Gasteiger partial charge in [0, 0.05) is 76.1 Å². The molecule has 0 aliphatic carbocycles. The Labute approximate surface area is 630 Å². The molecule has 5 heterocycles. The van der Waals surface area contributed by atoms with Gasteiger partial charge in [0.15, 0.2) is 28.9 Å². The van der Waals surface area contributed by atoms with Gasteiger partial charge in [-0.1, -0.05) is 127 Å². The lowest BCUT2D eigenvalue weighted by Gasteiger charge is -2.11. The van der Waals surface area contributed by atoms with E-state index in [0.717, 1.165) is 35.0 Å². The number of imide groups is 5. The summed E-state index contributed by atoms with van der Waals surface area (Å²) in [6.45, 7) is 8.02. The van der Waals surface area contributed by atoms with Crippen molar-refractivity contribution in [3.63, 3.8) is 0 Å². The summed E-state index contributed by atoms with van der Waals surface area (Å²) in [7, 11) is 12.1. The molecule has 2 unspecified atom stereocenters. The van der Waals surface area contributed by atoms with Crippen molar-refractivity contribution in [3.8, 4) is 23.0 Å². The fourth-order valence-electron chi connectivity index (χ4n) is 8.16. The van der Waals surface area contributed by atoms with E-state index in [-0.39, 0.29) is 104 Å². The van der Waals surface area contributed by atoms with Crippen LogP contribution in [0.15, 0.2) is 72.8 Å². The number of hydrogen-bond donors (Lipinski definition) is 2. The standard InChI is InChI=1S/C9H7NO3.C8H6Cl4O.C8H6F4O.C8H10O.C7H10N2O5.C7H7NO3.C6H8N2O5.C6H9NO3.C5H7NO3.2CH4/c1-13-10-8(11)6-4-2-3-5-7(6)9(10)12;2*1-3-4(9)6(11)8(13-2)7(12)5(3)10;1-7-3-5-8(9-2)6-4-7;1-4-3-5(10)9(6(4)11)14-7(12)13-8-2;1-11-7-5-3-2-4-6(7)8(9)10;1-7-12-6(11)13-8-4(9)2-3-5(8)10;1-4-3-5(8)7(10-2)6(4)9;1-9-6-4(7)2-3-5(6)8;;/h2-5H,1H3;2*1-2H3;3-6H,1-2H3;4,8H,3H2,1-2H3;2-5H,1H3;7H,2-3H2,1H3;4H,3H2,1-2H3;2-3H2,1H3;2*1H4. The number of nitro groups is 1. The quantitative estimate of drug-likeness (QED) is 0.0385. The first kappa shape index (κ1) is 96.6. The Morgan fingerprint density at radius 1 is 0.467 bits per heavy atom. The van der Waals surface area contributed by atoms with Crippen molar-refractivity contribution in [1.82, 2.24) is 36.3 Å².